The van der Waals surface area contributed by atoms with Crippen LogP contribution in [0.5, 0.6) is 5.75 Å². The van der Waals surface area contributed by atoms with Gasteiger partial charge in [0, 0.05) is 17.8 Å². The highest BCUT2D eigenvalue weighted by Crippen LogP contribution is 2.53. The normalized spacial score (nSPS) is 16.4. The van der Waals surface area contributed by atoms with E-state index in [0.29, 0.717) is 6.61 Å². The number of rotatable bonds is 5. The van der Waals surface area contributed by atoms with Gasteiger partial charge in [-0.15, -0.1) is 0 Å². The average Bonchev–Trinajstić information content (AvgIpc) is 3.54. The summed E-state index contributed by atoms with van der Waals surface area (Å²) in [6, 6.07) is 23.8. The molecular formula is C27H21N3O2. The lowest BCUT2D eigenvalue weighted by Crippen LogP contribution is -2.30. The second-order valence-electron chi connectivity index (χ2n) is 8.33. The number of nitrogens with zero attached hydrogens (tertiary/aromatic N) is 2. The predicted molar refractivity (Wildman–Crippen MR) is 124 cm³/mol. The third-order valence-corrected chi connectivity index (χ3v) is 6.21. The molecule has 0 saturated heterocycles. The fourth-order valence-corrected chi connectivity index (χ4v) is 4.47. The highest BCUT2D eigenvalue weighted by Gasteiger charge is 2.54. The maximum Gasteiger partial charge on any atom is 0.252 e. The number of hydrogen-bond donors (Lipinski definition) is 1. The van der Waals surface area contributed by atoms with Gasteiger partial charge in [0.2, 0.25) is 0 Å². The zero-order chi connectivity index (χ0) is 21.5. The minimum Gasteiger partial charge on any atom is -0.487 e. The molecule has 156 valence electrons. The van der Waals surface area contributed by atoms with Crippen LogP contribution in [0.15, 0.2) is 85.2 Å². The first kappa shape index (κ1) is 18.8. The highest BCUT2D eigenvalue weighted by molar-refractivity contribution is 6.32. The van der Waals surface area contributed by atoms with Crippen molar-refractivity contribution < 1.29 is 9.53 Å². The van der Waals surface area contributed by atoms with Crippen LogP contribution in [0.25, 0.3) is 22.0 Å². The molecule has 1 fully saturated rings. The lowest BCUT2D eigenvalue weighted by atomic mass is 9.92. The molecular weight excluding hydrogens is 398 g/mol. The SMILES string of the molecule is O=C1NC2(CC2)C(c2ccncc2)=C1c1ccc(OCc2ccc3ccccc3n2)cc1. The van der Waals surface area contributed by atoms with E-state index in [9.17, 15) is 4.79 Å². The smallest absolute Gasteiger partial charge is 0.252 e. The van der Waals surface area contributed by atoms with E-state index in [1.165, 1.54) is 0 Å². The summed E-state index contributed by atoms with van der Waals surface area (Å²) >= 11 is 0. The molecule has 1 aliphatic heterocycles. The van der Waals surface area contributed by atoms with E-state index in [1.807, 2.05) is 66.7 Å². The Balaban J connectivity index is 1.26. The van der Waals surface area contributed by atoms with E-state index in [-0.39, 0.29) is 11.4 Å². The van der Waals surface area contributed by atoms with Crippen LogP contribution >= 0.6 is 0 Å². The van der Waals surface area contributed by atoms with Crippen LogP contribution in [0.4, 0.5) is 0 Å². The van der Waals surface area contributed by atoms with Gasteiger partial charge in [-0.05, 0) is 65.9 Å². The van der Waals surface area contributed by atoms with E-state index < -0.39 is 0 Å². The van der Waals surface area contributed by atoms with Crippen LogP contribution in [0.3, 0.4) is 0 Å². The third-order valence-electron chi connectivity index (χ3n) is 6.21. The van der Waals surface area contributed by atoms with Gasteiger partial charge in [0.25, 0.3) is 5.91 Å². The number of pyridine rings is 2. The van der Waals surface area contributed by atoms with E-state index in [1.54, 1.807) is 12.4 Å². The van der Waals surface area contributed by atoms with Gasteiger partial charge in [-0.2, -0.15) is 0 Å². The molecule has 1 aliphatic carbocycles. The van der Waals surface area contributed by atoms with Crippen LogP contribution in [0, 0.1) is 0 Å². The van der Waals surface area contributed by atoms with E-state index in [2.05, 4.69) is 21.4 Å². The molecule has 32 heavy (non-hydrogen) atoms. The molecule has 5 nitrogen and oxygen atoms in total. The summed E-state index contributed by atoms with van der Waals surface area (Å²) in [6.45, 7) is 0.388. The lowest BCUT2D eigenvalue weighted by Gasteiger charge is -2.13. The van der Waals surface area contributed by atoms with E-state index >= 15 is 0 Å². The van der Waals surface area contributed by atoms with Gasteiger partial charge in [0.1, 0.15) is 12.4 Å². The lowest BCUT2D eigenvalue weighted by molar-refractivity contribution is -0.115. The van der Waals surface area contributed by atoms with Gasteiger partial charge in [-0.3, -0.25) is 9.78 Å². The van der Waals surface area contributed by atoms with Crippen molar-refractivity contribution in [3.8, 4) is 5.75 Å². The summed E-state index contributed by atoms with van der Waals surface area (Å²) in [7, 11) is 0. The zero-order valence-electron chi connectivity index (χ0n) is 17.4. The van der Waals surface area contributed by atoms with E-state index in [0.717, 1.165) is 57.5 Å². The van der Waals surface area contributed by atoms with Crippen molar-refractivity contribution in [1.82, 2.24) is 15.3 Å². The number of benzene rings is 2. The first-order chi connectivity index (χ1) is 15.7. The van der Waals surface area contributed by atoms with Gasteiger partial charge >= 0.3 is 0 Å². The summed E-state index contributed by atoms with van der Waals surface area (Å²) in [5.41, 5.74) is 5.39. The van der Waals surface area contributed by atoms with Gasteiger partial charge < -0.3 is 10.1 Å². The fourth-order valence-electron chi connectivity index (χ4n) is 4.47. The second kappa shape index (κ2) is 7.31. The van der Waals surface area contributed by atoms with Gasteiger partial charge in [-0.1, -0.05) is 36.4 Å². The maximum absolute atomic E-state index is 12.9. The van der Waals surface area contributed by atoms with Crippen molar-refractivity contribution in [2.24, 2.45) is 0 Å². The van der Waals surface area contributed by atoms with Crippen LogP contribution in [0.2, 0.25) is 0 Å². The molecule has 2 aliphatic rings. The number of nitrogens with one attached hydrogen (secondary N) is 1. The Morgan fingerprint density at radius 2 is 1.66 bits per heavy atom. The maximum atomic E-state index is 12.9. The fraction of sp³-hybridized carbons (Fsp3) is 0.148. The predicted octanol–water partition coefficient (Wildman–Crippen LogP) is 4.78. The van der Waals surface area contributed by atoms with E-state index in [4.69, 9.17) is 4.74 Å². The second-order valence-corrected chi connectivity index (χ2v) is 8.33. The molecule has 0 radical (unpaired) electrons. The standard InChI is InChI=1S/C27H21N3O2/c31-26-24(25(27(30-26)13-14-27)20-11-15-28-16-12-20)19-6-9-22(10-7-19)32-17-21-8-5-18-3-1-2-4-23(18)29-21/h1-12,15-16H,13-14,17H2,(H,30,31). The molecule has 1 spiro atoms. The topological polar surface area (TPSA) is 64.1 Å². The Labute approximate surface area is 185 Å². The van der Waals surface area contributed by atoms with Crippen molar-refractivity contribution in [2.45, 2.75) is 25.0 Å². The minimum atomic E-state index is -0.218. The van der Waals surface area contributed by atoms with Crippen LogP contribution in [-0.2, 0) is 11.4 Å². The molecule has 2 aromatic heterocycles. The minimum absolute atomic E-state index is 0.0108. The van der Waals surface area contributed by atoms with Crippen LogP contribution < -0.4 is 10.1 Å². The number of aromatic nitrogens is 2. The largest absolute Gasteiger partial charge is 0.487 e. The first-order valence-corrected chi connectivity index (χ1v) is 10.8. The molecule has 3 heterocycles. The average molecular weight is 419 g/mol. The number of fused-ring (bicyclic) bond motifs is 1. The van der Waals surface area contributed by atoms with Crippen LogP contribution in [0.1, 0.15) is 29.7 Å². The van der Waals surface area contributed by atoms with Crippen molar-refractivity contribution in [2.75, 3.05) is 0 Å². The monoisotopic (exact) mass is 419 g/mol. The number of hydrogen-bond acceptors (Lipinski definition) is 4. The zero-order valence-corrected chi connectivity index (χ0v) is 17.4. The molecule has 0 unspecified atom stereocenters. The summed E-state index contributed by atoms with van der Waals surface area (Å²) in [4.78, 5) is 21.7. The van der Waals surface area contributed by atoms with Gasteiger partial charge in [-0.25, -0.2) is 4.98 Å². The molecule has 2 aromatic carbocycles. The molecule has 5 heteroatoms. The summed E-state index contributed by atoms with van der Waals surface area (Å²) in [6.07, 6.45) is 5.49. The molecule has 1 saturated carbocycles. The number of ether oxygens (including phenoxy) is 1. The highest BCUT2D eigenvalue weighted by atomic mass is 16.5. The quantitative estimate of drug-likeness (QED) is 0.506. The number of amides is 1. The number of carbonyl (C=O) groups excluding carboxylic acids is 1. The molecule has 1 N–H and O–H groups in total. The van der Waals surface area contributed by atoms with Crippen molar-refractivity contribution in [3.05, 3.63) is 102 Å². The Kier molecular flexibility index (Phi) is 4.28. The van der Waals surface area contributed by atoms with Crippen molar-refractivity contribution in [3.63, 3.8) is 0 Å². The summed E-state index contributed by atoms with van der Waals surface area (Å²) < 4.78 is 5.96. The molecule has 1 amide bonds. The molecule has 4 aromatic rings. The summed E-state index contributed by atoms with van der Waals surface area (Å²) in [5.74, 6) is 0.734. The number of para-hydroxylation sites is 1. The van der Waals surface area contributed by atoms with Crippen LogP contribution in [-0.4, -0.2) is 21.4 Å². The van der Waals surface area contributed by atoms with Gasteiger partial charge in [0.05, 0.1) is 22.3 Å². The Hall–Kier alpha value is -3.99. The Morgan fingerprint density at radius 3 is 2.44 bits per heavy atom. The number of carbonyl (C=O) groups is 1. The Morgan fingerprint density at radius 1 is 0.875 bits per heavy atom. The first-order valence-electron chi connectivity index (χ1n) is 10.8. The summed E-state index contributed by atoms with van der Waals surface area (Å²) in [5, 5.41) is 4.32. The Bertz CT molecular complexity index is 1360. The van der Waals surface area contributed by atoms with Crippen molar-refractivity contribution in [1.29, 1.82) is 0 Å². The molecule has 0 atom stereocenters. The molecule has 6 rings (SSSR count). The van der Waals surface area contributed by atoms with Gasteiger partial charge in [0.15, 0.2) is 0 Å². The third kappa shape index (κ3) is 3.23. The molecule has 0 bridgehead atoms. The van der Waals surface area contributed by atoms with Crippen molar-refractivity contribution >= 4 is 28.0 Å².